The second kappa shape index (κ2) is 8.86. The van der Waals surface area contributed by atoms with E-state index in [0.29, 0.717) is 28.4 Å². The first-order valence-corrected chi connectivity index (χ1v) is 10.4. The Balaban J connectivity index is 1.39. The molecule has 0 saturated heterocycles. The summed E-state index contributed by atoms with van der Waals surface area (Å²) in [7, 11) is 0. The van der Waals surface area contributed by atoms with Crippen molar-refractivity contribution in [3.63, 3.8) is 0 Å². The number of aromatic nitrogens is 5. The minimum atomic E-state index is -4.59. The third kappa shape index (κ3) is 4.64. The van der Waals surface area contributed by atoms with Gasteiger partial charge in [-0.25, -0.2) is 4.79 Å². The molecule has 0 radical (unpaired) electrons. The first-order chi connectivity index (χ1) is 16.9. The van der Waals surface area contributed by atoms with Crippen LogP contribution in [0.4, 0.5) is 29.3 Å². The molecule has 8 nitrogen and oxygen atoms in total. The normalized spacial score (nSPS) is 11.4. The van der Waals surface area contributed by atoms with Gasteiger partial charge in [-0.3, -0.25) is 4.98 Å². The summed E-state index contributed by atoms with van der Waals surface area (Å²) in [5, 5.41) is 17.8. The number of nitrogens with one attached hydrogen (secondary N) is 2. The van der Waals surface area contributed by atoms with Gasteiger partial charge in [-0.2, -0.15) is 22.8 Å². The molecular formula is C24H16F3N7O. The van der Waals surface area contributed by atoms with Crippen LogP contribution in [0.25, 0.3) is 28.3 Å². The van der Waals surface area contributed by atoms with Gasteiger partial charge in [0.2, 0.25) is 0 Å². The van der Waals surface area contributed by atoms with Crippen LogP contribution in [-0.2, 0) is 6.18 Å². The number of carbonyl (C=O) groups excluding carboxylic acids is 1. The van der Waals surface area contributed by atoms with Crippen molar-refractivity contribution in [2.75, 3.05) is 10.6 Å². The first kappa shape index (κ1) is 22.0. The number of amides is 2. The molecule has 2 N–H and O–H groups in total. The zero-order chi connectivity index (χ0) is 24.4. The third-order valence-electron chi connectivity index (χ3n) is 5.10. The maximum Gasteiger partial charge on any atom is 0.418 e. The third-order valence-corrected chi connectivity index (χ3v) is 5.10. The molecule has 2 aromatic carbocycles. The molecular weight excluding hydrogens is 459 g/mol. The largest absolute Gasteiger partial charge is 0.418 e. The summed E-state index contributed by atoms with van der Waals surface area (Å²) < 4.78 is 41.2. The lowest BCUT2D eigenvalue weighted by atomic mass is 10.1. The van der Waals surface area contributed by atoms with E-state index in [1.165, 1.54) is 18.2 Å². The van der Waals surface area contributed by atoms with Gasteiger partial charge in [0.1, 0.15) is 0 Å². The smallest absolute Gasteiger partial charge is 0.308 e. The summed E-state index contributed by atoms with van der Waals surface area (Å²) in [4.78, 5) is 16.4. The minimum absolute atomic E-state index is 0.336. The van der Waals surface area contributed by atoms with Gasteiger partial charge in [0, 0.05) is 29.2 Å². The number of fused-ring (bicyclic) bond motifs is 1. The summed E-state index contributed by atoms with van der Waals surface area (Å²) in [6.07, 6.45) is -1.30. The van der Waals surface area contributed by atoms with Crippen LogP contribution in [0.15, 0.2) is 85.2 Å². The Bertz CT molecular complexity index is 1520. The highest BCUT2D eigenvalue weighted by Gasteiger charge is 2.33. The molecule has 0 aliphatic carbocycles. The second-order valence-electron chi connectivity index (χ2n) is 7.45. The number of benzene rings is 2. The Morgan fingerprint density at radius 1 is 0.829 bits per heavy atom. The fourth-order valence-corrected chi connectivity index (χ4v) is 3.50. The Morgan fingerprint density at radius 2 is 1.63 bits per heavy atom. The average Bonchev–Trinajstić information content (AvgIpc) is 3.28. The van der Waals surface area contributed by atoms with Gasteiger partial charge in [0.25, 0.3) is 0 Å². The Labute approximate surface area is 196 Å². The Hall–Kier alpha value is -4.80. The summed E-state index contributed by atoms with van der Waals surface area (Å²) in [6, 6.07) is 17.9. The summed E-state index contributed by atoms with van der Waals surface area (Å²) in [6.45, 7) is 0. The summed E-state index contributed by atoms with van der Waals surface area (Å²) >= 11 is 0. The fourth-order valence-electron chi connectivity index (χ4n) is 3.50. The van der Waals surface area contributed by atoms with Crippen molar-refractivity contribution in [3.8, 4) is 22.6 Å². The highest BCUT2D eigenvalue weighted by Crippen LogP contribution is 2.34. The van der Waals surface area contributed by atoms with E-state index in [9.17, 15) is 18.0 Å². The lowest BCUT2D eigenvalue weighted by molar-refractivity contribution is -0.136. The van der Waals surface area contributed by atoms with Crippen LogP contribution in [0.2, 0.25) is 0 Å². The molecule has 0 saturated carbocycles. The van der Waals surface area contributed by atoms with Crippen molar-refractivity contribution in [1.29, 1.82) is 0 Å². The van der Waals surface area contributed by atoms with E-state index in [-0.39, 0.29) is 5.69 Å². The molecule has 0 aliphatic heterocycles. The molecule has 0 bridgehead atoms. The van der Waals surface area contributed by atoms with Gasteiger partial charge >= 0.3 is 12.2 Å². The van der Waals surface area contributed by atoms with Crippen molar-refractivity contribution in [3.05, 3.63) is 90.8 Å². The van der Waals surface area contributed by atoms with Crippen molar-refractivity contribution in [1.82, 2.24) is 24.8 Å². The van der Waals surface area contributed by atoms with E-state index in [4.69, 9.17) is 0 Å². The quantitative estimate of drug-likeness (QED) is 0.357. The average molecular weight is 475 g/mol. The van der Waals surface area contributed by atoms with Crippen molar-refractivity contribution in [2.24, 2.45) is 0 Å². The molecule has 2 amide bonds. The number of anilines is 2. The number of halogens is 3. The zero-order valence-corrected chi connectivity index (χ0v) is 17.9. The molecule has 3 heterocycles. The van der Waals surface area contributed by atoms with E-state index >= 15 is 0 Å². The molecule has 0 spiro atoms. The van der Waals surface area contributed by atoms with Gasteiger partial charge in [-0.05, 0) is 48.5 Å². The van der Waals surface area contributed by atoms with E-state index in [0.717, 1.165) is 11.6 Å². The molecule has 5 aromatic rings. The van der Waals surface area contributed by atoms with Crippen LogP contribution in [0.3, 0.4) is 0 Å². The predicted molar refractivity (Wildman–Crippen MR) is 124 cm³/mol. The van der Waals surface area contributed by atoms with Gasteiger partial charge in [0.05, 0.1) is 16.9 Å². The monoisotopic (exact) mass is 475 g/mol. The summed E-state index contributed by atoms with van der Waals surface area (Å²) in [5.41, 5.74) is 1.72. The highest BCUT2D eigenvalue weighted by atomic mass is 19.4. The minimum Gasteiger partial charge on any atom is -0.308 e. The maximum absolute atomic E-state index is 13.2. The molecule has 5 rings (SSSR count). The molecule has 0 aliphatic rings. The van der Waals surface area contributed by atoms with Gasteiger partial charge in [-0.15, -0.1) is 10.2 Å². The van der Waals surface area contributed by atoms with Crippen molar-refractivity contribution >= 4 is 23.1 Å². The molecule has 0 fully saturated rings. The van der Waals surface area contributed by atoms with Crippen LogP contribution in [-0.4, -0.2) is 30.8 Å². The zero-order valence-electron chi connectivity index (χ0n) is 17.9. The van der Waals surface area contributed by atoms with Crippen molar-refractivity contribution in [2.45, 2.75) is 6.18 Å². The van der Waals surface area contributed by atoms with Crippen LogP contribution >= 0.6 is 0 Å². The van der Waals surface area contributed by atoms with Gasteiger partial charge < -0.3 is 10.6 Å². The van der Waals surface area contributed by atoms with E-state index < -0.39 is 17.8 Å². The topological polar surface area (TPSA) is 97.1 Å². The highest BCUT2D eigenvalue weighted by molar-refractivity contribution is 6.00. The first-order valence-electron chi connectivity index (χ1n) is 10.4. The van der Waals surface area contributed by atoms with E-state index in [2.05, 4.69) is 30.9 Å². The van der Waals surface area contributed by atoms with Gasteiger partial charge in [-0.1, -0.05) is 24.3 Å². The molecule has 3 aromatic heterocycles. The maximum atomic E-state index is 13.2. The number of carbonyl (C=O) groups is 1. The van der Waals surface area contributed by atoms with Crippen molar-refractivity contribution < 1.29 is 18.0 Å². The number of rotatable bonds is 4. The number of nitrogens with zero attached hydrogens (tertiary/aromatic N) is 5. The van der Waals surface area contributed by atoms with Crippen LogP contribution in [0, 0.1) is 0 Å². The molecule has 0 atom stereocenters. The lowest BCUT2D eigenvalue weighted by Gasteiger charge is -2.14. The SMILES string of the molecule is O=C(Nc1cccc(-c2ccc3nnc(-c4ccncc4)n3n2)c1)Nc1ccccc1C(F)(F)F. The number of para-hydroxylation sites is 1. The van der Waals surface area contributed by atoms with Crippen LogP contribution < -0.4 is 10.6 Å². The molecule has 11 heteroatoms. The second-order valence-corrected chi connectivity index (χ2v) is 7.45. The predicted octanol–water partition coefficient (Wildman–Crippen LogP) is 5.52. The standard InChI is InChI=1S/C24H16F3N7O/c25-24(26,27)18-6-1-2-7-20(18)30-23(35)29-17-5-3-4-16(14-17)19-8-9-21-31-32-22(34(21)33-19)15-10-12-28-13-11-15/h1-14H,(H2,29,30,35). The van der Waals surface area contributed by atoms with Gasteiger partial charge in [0.15, 0.2) is 11.5 Å². The number of alkyl halides is 3. The Kier molecular flexibility index (Phi) is 5.57. The number of hydrogen-bond donors (Lipinski definition) is 2. The number of hydrogen-bond acceptors (Lipinski definition) is 5. The summed E-state index contributed by atoms with van der Waals surface area (Å²) in [5.74, 6) is 0.543. The lowest BCUT2D eigenvalue weighted by Crippen LogP contribution is -2.21. The van der Waals surface area contributed by atoms with E-state index in [1.54, 1.807) is 65.4 Å². The number of urea groups is 1. The molecule has 35 heavy (non-hydrogen) atoms. The molecule has 174 valence electrons. The molecule has 0 unspecified atom stereocenters. The fraction of sp³-hybridized carbons (Fsp3) is 0.0417. The van der Waals surface area contributed by atoms with Crippen LogP contribution in [0.5, 0.6) is 0 Å². The van der Waals surface area contributed by atoms with Crippen LogP contribution in [0.1, 0.15) is 5.56 Å². The Morgan fingerprint density at radius 3 is 2.43 bits per heavy atom. The number of pyridine rings is 1. The van der Waals surface area contributed by atoms with E-state index in [1.807, 2.05) is 0 Å².